The number of hydrogen-bond donors (Lipinski definition) is 1. The molecular weight excluding hydrogens is 202 g/mol. The van der Waals surface area contributed by atoms with E-state index >= 15 is 0 Å². The number of hydrogen-bond acceptors (Lipinski definition) is 3. The molecule has 16 heavy (non-hydrogen) atoms. The number of ether oxygens (including phenoxy) is 1. The van der Waals surface area contributed by atoms with Gasteiger partial charge in [-0.25, -0.2) is 0 Å². The Labute approximate surface area is 95.6 Å². The quantitative estimate of drug-likeness (QED) is 0.787. The minimum absolute atomic E-state index is 0.0495. The summed E-state index contributed by atoms with van der Waals surface area (Å²) in [5.41, 5.74) is 8.83. The normalized spacial score (nSPS) is 15.7. The fourth-order valence-electron chi connectivity index (χ4n) is 2.21. The Kier molecular flexibility index (Phi) is 2.97. The molecule has 1 unspecified atom stereocenters. The molecule has 0 aromatic heterocycles. The van der Waals surface area contributed by atoms with Crippen molar-refractivity contribution in [2.24, 2.45) is 5.73 Å². The maximum absolute atomic E-state index is 11.9. The van der Waals surface area contributed by atoms with Crippen molar-refractivity contribution in [3.05, 3.63) is 28.8 Å². The first kappa shape index (κ1) is 11.1. The van der Waals surface area contributed by atoms with Gasteiger partial charge in [0.25, 0.3) is 0 Å². The summed E-state index contributed by atoms with van der Waals surface area (Å²) in [6, 6.07) is 3.46. The van der Waals surface area contributed by atoms with Gasteiger partial charge in [-0.15, -0.1) is 0 Å². The smallest absolute Gasteiger partial charge is 0.182 e. The highest BCUT2D eigenvalue weighted by Crippen LogP contribution is 2.30. The van der Waals surface area contributed by atoms with Crippen molar-refractivity contribution < 1.29 is 9.53 Å². The number of aryl methyl sites for hydroxylation is 2. The first-order chi connectivity index (χ1) is 7.63. The van der Waals surface area contributed by atoms with Gasteiger partial charge in [-0.3, -0.25) is 4.79 Å². The molecule has 86 valence electrons. The number of carbonyl (C=O) groups is 1. The van der Waals surface area contributed by atoms with Crippen molar-refractivity contribution in [3.8, 4) is 5.75 Å². The fourth-order valence-corrected chi connectivity index (χ4v) is 2.21. The van der Waals surface area contributed by atoms with Crippen LogP contribution >= 0.6 is 0 Å². The third-order valence-electron chi connectivity index (χ3n) is 3.09. The van der Waals surface area contributed by atoms with Gasteiger partial charge in [0.1, 0.15) is 5.75 Å². The number of benzene rings is 1. The predicted octanol–water partition coefficient (Wildman–Crippen LogP) is 1.71. The average Bonchev–Trinajstić information content (AvgIpc) is 2.72. The van der Waals surface area contributed by atoms with Crippen LogP contribution in [0.15, 0.2) is 12.1 Å². The third kappa shape index (κ3) is 1.83. The number of nitrogens with two attached hydrogens (primary N) is 1. The molecular formula is C13H17NO2. The van der Waals surface area contributed by atoms with E-state index in [0.29, 0.717) is 11.3 Å². The van der Waals surface area contributed by atoms with Gasteiger partial charge in [0.05, 0.1) is 18.7 Å². The van der Waals surface area contributed by atoms with Crippen LogP contribution in [0.2, 0.25) is 0 Å². The highest BCUT2D eigenvalue weighted by Gasteiger charge is 2.20. The molecule has 0 heterocycles. The third-order valence-corrected chi connectivity index (χ3v) is 3.09. The van der Waals surface area contributed by atoms with Crippen LogP contribution < -0.4 is 10.5 Å². The van der Waals surface area contributed by atoms with Gasteiger partial charge in [-0.2, -0.15) is 0 Å². The van der Waals surface area contributed by atoms with Crippen molar-refractivity contribution in [1.82, 2.24) is 0 Å². The van der Waals surface area contributed by atoms with Crippen LogP contribution in [0.1, 0.15) is 34.8 Å². The molecule has 0 fully saturated rings. The summed E-state index contributed by atoms with van der Waals surface area (Å²) < 4.78 is 5.27. The van der Waals surface area contributed by atoms with Crippen LogP contribution in [0.3, 0.4) is 0 Å². The zero-order valence-electron chi connectivity index (χ0n) is 9.75. The lowest BCUT2D eigenvalue weighted by Crippen LogP contribution is -2.27. The first-order valence-corrected chi connectivity index (χ1v) is 5.63. The second kappa shape index (κ2) is 4.26. The molecule has 0 saturated carbocycles. The molecule has 0 bridgehead atoms. The maximum atomic E-state index is 11.9. The van der Waals surface area contributed by atoms with Gasteiger partial charge in [-0.1, -0.05) is 0 Å². The number of Topliss-reactive ketones (excluding diaryl/α,β-unsaturated/α-hetero) is 1. The summed E-state index contributed by atoms with van der Waals surface area (Å²) >= 11 is 0. The minimum Gasteiger partial charge on any atom is -0.496 e. The lowest BCUT2D eigenvalue weighted by molar-refractivity contribution is 0.0965. The highest BCUT2D eigenvalue weighted by molar-refractivity contribution is 6.02. The number of methoxy groups -OCH3 is 1. The molecule has 2 rings (SSSR count). The van der Waals surface area contributed by atoms with Crippen molar-refractivity contribution >= 4 is 5.78 Å². The second-order valence-electron chi connectivity index (χ2n) is 4.33. The molecule has 0 amide bonds. The Bertz CT molecular complexity index is 424. The Morgan fingerprint density at radius 2 is 2.00 bits per heavy atom. The van der Waals surface area contributed by atoms with Crippen molar-refractivity contribution in [3.63, 3.8) is 0 Å². The van der Waals surface area contributed by atoms with Gasteiger partial charge in [0.2, 0.25) is 0 Å². The molecule has 0 aliphatic heterocycles. The van der Waals surface area contributed by atoms with Gasteiger partial charge in [0.15, 0.2) is 5.78 Å². The largest absolute Gasteiger partial charge is 0.496 e. The van der Waals surface area contributed by atoms with Crippen LogP contribution in [0.25, 0.3) is 0 Å². The molecule has 3 heteroatoms. The van der Waals surface area contributed by atoms with Crippen LogP contribution in [0.5, 0.6) is 5.75 Å². The first-order valence-electron chi connectivity index (χ1n) is 5.63. The van der Waals surface area contributed by atoms with Crippen molar-refractivity contribution in [1.29, 1.82) is 0 Å². The lowest BCUT2D eigenvalue weighted by atomic mass is 9.99. The highest BCUT2D eigenvalue weighted by atomic mass is 16.5. The topological polar surface area (TPSA) is 52.3 Å². The summed E-state index contributed by atoms with van der Waals surface area (Å²) in [5.74, 6) is 0.606. The van der Waals surface area contributed by atoms with Crippen molar-refractivity contribution in [2.75, 3.05) is 7.11 Å². The SMILES string of the molecule is COc1cc2c(cc1C(=O)C(C)N)CCC2. The van der Waals surface area contributed by atoms with Crippen LogP contribution in [0.4, 0.5) is 0 Å². The number of carbonyl (C=O) groups excluding carboxylic acids is 1. The number of rotatable bonds is 3. The van der Waals surface area contributed by atoms with Gasteiger partial charge in [0, 0.05) is 0 Å². The van der Waals surface area contributed by atoms with E-state index in [1.165, 1.54) is 11.1 Å². The molecule has 0 spiro atoms. The van der Waals surface area contributed by atoms with Crippen LogP contribution in [-0.4, -0.2) is 18.9 Å². The lowest BCUT2D eigenvalue weighted by Gasteiger charge is -2.12. The molecule has 0 radical (unpaired) electrons. The monoisotopic (exact) mass is 219 g/mol. The van der Waals surface area contributed by atoms with E-state index in [-0.39, 0.29) is 5.78 Å². The molecule has 0 saturated heterocycles. The molecule has 1 aliphatic rings. The van der Waals surface area contributed by atoms with Gasteiger partial charge in [-0.05, 0) is 49.4 Å². The molecule has 1 aliphatic carbocycles. The van der Waals surface area contributed by atoms with E-state index < -0.39 is 6.04 Å². The van der Waals surface area contributed by atoms with E-state index in [1.807, 2.05) is 12.1 Å². The van der Waals surface area contributed by atoms with E-state index in [4.69, 9.17) is 10.5 Å². The molecule has 1 atom stereocenters. The minimum atomic E-state index is -0.478. The summed E-state index contributed by atoms with van der Waals surface area (Å²) in [5, 5.41) is 0. The average molecular weight is 219 g/mol. The Balaban J connectivity index is 2.47. The summed E-state index contributed by atoms with van der Waals surface area (Å²) in [4.78, 5) is 11.9. The molecule has 1 aromatic carbocycles. The number of fused-ring (bicyclic) bond motifs is 1. The molecule has 1 aromatic rings. The van der Waals surface area contributed by atoms with E-state index in [2.05, 4.69) is 0 Å². The summed E-state index contributed by atoms with van der Waals surface area (Å²) in [6.45, 7) is 1.70. The maximum Gasteiger partial charge on any atom is 0.182 e. The van der Waals surface area contributed by atoms with Gasteiger partial charge < -0.3 is 10.5 Å². The predicted molar refractivity (Wildman–Crippen MR) is 63.0 cm³/mol. The zero-order valence-corrected chi connectivity index (χ0v) is 9.75. The zero-order chi connectivity index (χ0) is 11.7. The second-order valence-corrected chi connectivity index (χ2v) is 4.33. The Hall–Kier alpha value is -1.35. The van der Waals surface area contributed by atoms with Gasteiger partial charge >= 0.3 is 0 Å². The van der Waals surface area contributed by atoms with Crippen molar-refractivity contribution in [2.45, 2.75) is 32.2 Å². The molecule has 2 N–H and O–H groups in total. The fraction of sp³-hybridized carbons (Fsp3) is 0.462. The summed E-state index contributed by atoms with van der Waals surface area (Å²) in [6.07, 6.45) is 3.30. The Morgan fingerprint density at radius 1 is 1.38 bits per heavy atom. The summed E-state index contributed by atoms with van der Waals surface area (Å²) in [7, 11) is 1.59. The Morgan fingerprint density at radius 3 is 2.56 bits per heavy atom. The van der Waals surface area contributed by atoms with Crippen LogP contribution in [-0.2, 0) is 12.8 Å². The van der Waals surface area contributed by atoms with E-state index in [9.17, 15) is 4.79 Å². The van der Waals surface area contributed by atoms with E-state index in [0.717, 1.165) is 19.3 Å². The molecule has 3 nitrogen and oxygen atoms in total. The van der Waals surface area contributed by atoms with E-state index in [1.54, 1.807) is 14.0 Å². The van der Waals surface area contributed by atoms with Crippen LogP contribution in [0, 0.1) is 0 Å². The standard InChI is InChI=1S/C13H17NO2/c1-8(14)13(15)11-6-9-4-3-5-10(9)7-12(11)16-2/h6-8H,3-5,14H2,1-2H3. The number of ketones is 1.